The van der Waals surface area contributed by atoms with Gasteiger partial charge in [0.1, 0.15) is 0 Å². The molecule has 2 rings (SSSR count). The molecule has 28 heavy (non-hydrogen) atoms. The zero-order valence-electron chi connectivity index (χ0n) is 17.6. The van der Waals surface area contributed by atoms with E-state index in [0.29, 0.717) is 17.4 Å². The number of nitrogens with one attached hydrogen (secondary N) is 2. The Morgan fingerprint density at radius 2 is 1.68 bits per heavy atom. The van der Waals surface area contributed by atoms with Crippen LogP contribution in [0.3, 0.4) is 0 Å². The zero-order chi connectivity index (χ0) is 20.9. The molecule has 0 saturated heterocycles. The summed E-state index contributed by atoms with van der Waals surface area (Å²) in [7, 11) is -1.45. The van der Waals surface area contributed by atoms with Crippen LogP contribution in [0.4, 0.5) is 0 Å². The molecule has 0 aromatic heterocycles. The van der Waals surface area contributed by atoms with Crippen molar-refractivity contribution in [3.63, 3.8) is 0 Å². The number of aliphatic imine (C=N–C) groups is 1. The Labute approximate surface area is 169 Å². The Bertz CT molecular complexity index is 946. The van der Waals surface area contributed by atoms with E-state index in [2.05, 4.69) is 60.7 Å². The summed E-state index contributed by atoms with van der Waals surface area (Å²) in [4.78, 5) is 4.67. The van der Waals surface area contributed by atoms with Crippen molar-refractivity contribution in [2.75, 3.05) is 19.8 Å². The molecule has 0 aliphatic carbocycles. The fourth-order valence-corrected chi connectivity index (χ4v) is 4.01. The van der Waals surface area contributed by atoms with Gasteiger partial charge in [-0.25, -0.2) is 8.42 Å². The van der Waals surface area contributed by atoms with E-state index < -0.39 is 9.84 Å². The first-order valence-electron chi connectivity index (χ1n) is 9.34. The maximum absolute atomic E-state index is 11.7. The smallest absolute Gasteiger partial charge is 0.191 e. The van der Waals surface area contributed by atoms with E-state index in [-0.39, 0.29) is 5.41 Å². The van der Waals surface area contributed by atoms with E-state index in [1.54, 1.807) is 13.1 Å². The molecule has 0 bridgehead atoms. The van der Waals surface area contributed by atoms with Gasteiger partial charge in [-0.15, -0.1) is 0 Å². The summed E-state index contributed by atoms with van der Waals surface area (Å²) in [6.07, 6.45) is 1.23. The second kappa shape index (κ2) is 8.78. The lowest BCUT2D eigenvalue weighted by Crippen LogP contribution is -2.43. The van der Waals surface area contributed by atoms with Crippen LogP contribution in [-0.2, 0) is 21.8 Å². The third-order valence-corrected chi connectivity index (χ3v) is 6.11. The first-order valence-corrected chi connectivity index (χ1v) is 11.2. The first-order chi connectivity index (χ1) is 13.0. The minimum Gasteiger partial charge on any atom is -0.356 e. The second-order valence-corrected chi connectivity index (χ2v) is 9.89. The van der Waals surface area contributed by atoms with Crippen LogP contribution in [0.2, 0.25) is 0 Å². The molecule has 2 aromatic carbocycles. The largest absolute Gasteiger partial charge is 0.356 e. The average molecular weight is 402 g/mol. The molecule has 0 radical (unpaired) electrons. The number of benzene rings is 2. The summed E-state index contributed by atoms with van der Waals surface area (Å²) >= 11 is 0. The molecule has 0 saturated carbocycles. The van der Waals surface area contributed by atoms with Gasteiger partial charge in [-0.3, -0.25) is 4.99 Å². The zero-order valence-corrected chi connectivity index (χ0v) is 18.4. The van der Waals surface area contributed by atoms with Crippen molar-refractivity contribution in [1.29, 1.82) is 0 Å². The SMILES string of the molecule is CN=C(NCc1ccc(S(C)(=O)=O)c(C)c1)NCC(C)(C)c1ccc(C)cc1. The number of hydrogen-bond donors (Lipinski definition) is 2. The van der Waals surface area contributed by atoms with Gasteiger partial charge in [0.2, 0.25) is 0 Å². The summed E-state index contributed by atoms with van der Waals surface area (Å²) < 4.78 is 23.5. The molecule has 152 valence electrons. The predicted molar refractivity (Wildman–Crippen MR) is 117 cm³/mol. The van der Waals surface area contributed by atoms with E-state index in [1.807, 2.05) is 19.1 Å². The molecule has 0 atom stereocenters. The minimum absolute atomic E-state index is 0.0426. The molecule has 0 fully saturated rings. The standard InChI is InChI=1S/C22H31N3O2S/c1-16-7-10-19(11-8-16)22(3,4)15-25-21(23-5)24-14-18-9-12-20(17(2)13-18)28(6,26)27/h7-13H,14-15H2,1-6H3,(H2,23,24,25). The normalized spacial score (nSPS) is 12.7. The van der Waals surface area contributed by atoms with Crippen LogP contribution in [0.15, 0.2) is 52.4 Å². The first kappa shape index (κ1) is 22.0. The summed E-state index contributed by atoms with van der Waals surface area (Å²) in [5.74, 6) is 0.713. The quantitative estimate of drug-likeness (QED) is 0.575. The van der Waals surface area contributed by atoms with Gasteiger partial charge >= 0.3 is 0 Å². The fraction of sp³-hybridized carbons (Fsp3) is 0.409. The van der Waals surface area contributed by atoms with Crippen molar-refractivity contribution >= 4 is 15.8 Å². The number of sulfone groups is 1. The highest BCUT2D eigenvalue weighted by Crippen LogP contribution is 2.22. The summed E-state index contributed by atoms with van der Waals surface area (Å²) in [5, 5.41) is 6.68. The molecule has 2 N–H and O–H groups in total. The lowest BCUT2D eigenvalue weighted by atomic mass is 9.84. The predicted octanol–water partition coefficient (Wildman–Crippen LogP) is 3.35. The van der Waals surface area contributed by atoms with Gasteiger partial charge in [0.05, 0.1) is 4.90 Å². The average Bonchev–Trinajstić information content (AvgIpc) is 2.61. The van der Waals surface area contributed by atoms with Gasteiger partial charge < -0.3 is 10.6 Å². The van der Waals surface area contributed by atoms with Crippen LogP contribution in [-0.4, -0.2) is 34.2 Å². The second-order valence-electron chi connectivity index (χ2n) is 7.90. The summed E-state index contributed by atoms with van der Waals surface area (Å²) in [5.41, 5.74) is 4.24. The summed E-state index contributed by atoms with van der Waals surface area (Å²) in [6, 6.07) is 14.0. The minimum atomic E-state index is -3.20. The van der Waals surface area contributed by atoms with Crippen LogP contribution >= 0.6 is 0 Å². The van der Waals surface area contributed by atoms with Gasteiger partial charge in [0.25, 0.3) is 0 Å². The molecule has 0 aliphatic heterocycles. The molecule has 0 amide bonds. The molecule has 0 heterocycles. The maximum atomic E-state index is 11.7. The van der Waals surface area contributed by atoms with Crippen LogP contribution in [0.1, 0.15) is 36.1 Å². The third-order valence-electron chi connectivity index (χ3n) is 4.85. The Morgan fingerprint density at radius 1 is 1.04 bits per heavy atom. The van der Waals surface area contributed by atoms with E-state index in [4.69, 9.17) is 0 Å². The van der Waals surface area contributed by atoms with Crippen molar-refractivity contribution < 1.29 is 8.42 Å². The Morgan fingerprint density at radius 3 is 2.21 bits per heavy atom. The van der Waals surface area contributed by atoms with Crippen LogP contribution < -0.4 is 10.6 Å². The number of guanidine groups is 1. The molecule has 2 aromatic rings. The molecule has 0 unspecified atom stereocenters. The van der Waals surface area contributed by atoms with Gasteiger partial charge in [0.15, 0.2) is 15.8 Å². The Kier molecular flexibility index (Phi) is 6.88. The van der Waals surface area contributed by atoms with Crippen molar-refractivity contribution in [1.82, 2.24) is 10.6 Å². The highest BCUT2D eigenvalue weighted by Gasteiger charge is 2.20. The van der Waals surface area contributed by atoms with E-state index in [9.17, 15) is 8.42 Å². The van der Waals surface area contributed by atoms with E-state index >= 15 is 0 Å². The lowest BCUT2D eigenvalue weighted by Gasteiger charge is -2.27. The molecule has 0 spiro atoms. The van der Waals surface area contributed by atoms with E-state index in [1.165, 1.54) is 17.4 Å². The van der Waals surface area contributed by atoms with Gasteiger partial charge in [-0.05, 0) is 36.6 Å². The number of rotatable bonds is 6. The monoisotopic (exact) mass is 401 g/mol. The molecule has 0 aliphatic rings. The number of hydrogen-bond acceptors (Lipinski definition) is 3. The number of nitrogens with zero attached hydrogens (tertiary/aromatic N) is 1. The van der Waals surface area contributed by atoms with Gasteiger partial charge in [0, 0.05) is 31.8 Å². The van der Waals surface area contributed by atoms with Crippen LogP contribution in [0, 0.1) is 13.8 Å². The van der Waals surface area contributed by atoms with Crippen molar-refractivity contribution in [2.24, 2.45) is 4.99 Å². The van der Waals surface area contributed by atoms with Gasteiger partial charge in [-0.1, -0.05) is 55.8 Å². The van der Waals surface area contributed by atoms with Gasteiger partial charge in [-0.2, -0.15) is 0 Å². The van der Waals surface area contributed by atoms with Crippen molar-refractivity contribution in [3.8, 4) is 0 Å². The highest BCUT2D eigenvalue weighted by molar-refractivity contribution is 7.90. The lowest BCUT2D eigenvalue weighted by molar-refractivity contribution is 0.508. The number of aryl methyl sites for hydroxylation is 2. The topological polar surface area (TPSA) is 70.6 Å². The highest BCUT2D eigenvalue weighted by atomic mass is 32.2. The molecular formula is C22H31N3O2S. The van der Waals surface area contributed by atoms with Crippen LogP contribution in [0.5, 0.6) is 0 Å². The maximum Gasteiger partial charge on any atom is 0.191 e. The molecule has 5 nitrogen and oxygen atoms in total. The third kappa shape index (κ3) is 5.83. The van der Waals surface area contributed by atoms with Crippen LogP contribution in [0.25, 0.3) is 0 Å². The Balaban J connectivity index is 1.98. The summed E-state index contributed by atoms with van der Waals surface area (Å²) in [6.45, 7) is 9.61. The van der Waals surface area contributed by atoms with E-state index in [0.717, 1.165) is 17.7 Å². The molecule has 6 heteroatoms. The van der Waals surface area contributed by atoms with Crippen molar-refractivity contribution in [3.05, 3.63) is 64.7 Å². The van der Waals surface area contributed by atoms with Crippen molar-refractivity contribution in [2.45, 2.75) is 44.6 Å². The Hall–Kier alpha value is -2.34. The molecular weight excluding hydrogens is 370 g/mol. The fourth-order valence-electron chi connectivity index (χ4n) is 3.06.